The van der Waals surface area contributed by atoms with E-state index in [0.717, 1.165) is 17.9 Å². The third kappa shape index (κ3) is 3.37. The summed E-state index contributed by atoms with van der Waals surface area (Å²) in [5, 5.41) is 5.47. The molecule has 0 saturated heterocycles. The van der Waals surface area contributed by atoms with Gasteiger partial charge >= 0.3 is 0 Å². The number of fused-ring (bicyclic) bond motifs is 1. The highest BCUT2D eigenvalue weighted by Crippen LogP contribution is 2.32. The Hall–Kier alpha value is -0.870. The molecule has 2 aromatic heterocycles. The predicted octanol–water partition coefficient (Wildman–Crippen LogP) is 3.74. The maximum absolute atomic E-state index is 4.75. The van der Waals surface area contributed by atoms with Crippen LogP contribution in [0.1, 0.15) is 45.2 Å². The second kappa shape index (κ2) is 6.53. The molecule has 4 heteroatoms. The number of unbranched alkanes of at least 4 members (excludes halogenated alkanes) is 1. The third-order valence-electron chi connectivity index (χ3n) is 4.06. The second-order valence-corrected chi connectivity index (χ2v) is 6.36. The van der Waals surface area contributed by atoms with Gasteiger partial charge in [0.25, 0.3) is 0 Å². The van der Waals surface area contributed by atoms with Crippen LogP contribution >= 0.6 is 11.3 Å². The molecule has 0 aliphatic heterocycles. The van der Waals surface area contributed by atoms with Crippen molar-refractivity contribution in [2.75, 3.05) is 13.6 Å². The molecule has 3 nitrogen and oxygen atoms in total. The minimum absolute atomic E-state index is 0.356. The van der Waals surface area contributed by atoms with Crippen molar-refractivity contribution >= 4 is 16.3 Å². The zero-order valence-corrected chi connectivity index (χ0v) is 13.1. The number of thiazole rings is 1. The molecule has 2 aromatic rings. The molecule has 0 radical (unpaired) electrons. The number of rotatable bonds is 8. The molecule has 0 bridgehead atoms. The van der Waals surface area contributed by atoms with Gasteiger partial charge < -0.3 is 5.32 Å². The summed E-state index contributed by atoms with van der Waals surface area (Å²) in [6, 6.07) is 0. The van der Waals surface area contributed by atoms with Gasteiger partial charge in [0.05, 0.1) is 5.69 Å². The van der Waals surface area contributed by atoms with Gasteiger partial charge in [-0.05, 0) is 31.7 Å². The summed E-state index contributed by atoms with van der Waals surface area (Å²) in [4.78, 5) is 5.86. The van der Waals surface area contributed by atoms with E-state index in [1.807, 2.05) is 0 Å². The molecule has 1 unspecified atom stereocenters. The third-order valence-corrected chi connectivity index (χ3v) is 4.83. The van der Waals surface area contributed by atoms with Crippen LogP contribution in [0.5, 0.6) is 0 Å². The van der Waals surface area contributed by atoms with E-state index in [1.165, 1.54) is 31.4 Å². The van der Waals surface area contributed by atoms with Gasteiger partial charge in [-0.2, -0.15) is 0 Å². The summed E-state index contributed by atoms with van der Waals surface area (Å²) < 4.78 is 2.14. The summed E-state index contributed by atoms with van der Waals surface area (Å²) >= 11 is 1.71. The molecular weight excluding hydrogens is 254 g/mol. The van der Waals surface area contributed by atoms with Gasteiger partial charge in [-0.15, -0.1) is 11.3 Å². The smallest absolute Gasteiger partial charge is 0.193 e. The van der Waals surface area contributed by atoms with Crippen LogP contribution in [-0.4, -0.2) is 23.0 Å². The van der Waals surface area contributed by atoms with Crippen LogP contribution in [0.25, 0.3) is 4.96 Å². The van der Waals surface area contributed by atoms with Crippen molar-refractivity contribution in [2.45, 2.75) is 46.0 Å². The van der Waals surface area contributed by atoms with E-state index in [1.54, 1.807) is 11.3 Å². The Balaban J connectivity index is 2.15. The van der Waals surface area contributed by atoms with Crippen LogP contribution in [0, 0.1) is 5.41 Å². The standard InChI is InChI=1S/C15H25N3S/c1-4-6-7-15(5-2,12-16-3)10-13-11-18-8-9-19-14(18)17-13/h8-9,11,16H,4-7,10,12H2,1-3H3. The minimum Gasteiger partial charge on any atom is -0.319 e. The molecule has 0 spiro atoms. The molecule has 19 heavy (non-hydrogen) atoms. The molecule has 1 N–H and O–H groups in total. The molecule has 0 aliphatic carbocycles. The molecule has 0 fully saturated rings. The van der Waals surface area contributed by atoms with E-state index in [2.05, 4.69) is 48.4 Å². The normalized spacial score (nSPS) is 14.9. The topological polar surface area (TPSA) is 29.3 Å². The number of hydrogen-bond donors (Lipinski definition) is 1. The van der Waals surface area contributed by atoms with Crippen molar-refractivity contribution in [3.05, 3.63) is 23.5 Å². The first-order valence-electron chi connectivity index (χ1n) is 7.28. The van der Waals surface area contributed by atoms with Crippen molar-refractivity contribution in [1.82, 2.24) is 14.7 Å². The molecule has 2 rings (SSSR count). The number of hydrogen-bond acceptors (Lipinski definition) is 3. The van der Waals surface area contributed by atoms with Crippen molar-refractivity contribution < 1.29 is 0 Å². The van der Waals surface area contributed by atoms with Crippen LogP contribution in [0.15, 0.2) is 17.8 Å². The van der Waals surface area contributed by atoms with E-state index in [9.17, 15) is 0 Å². The highest BCUT2D eigenvalue weighted by Gasteiger charge is 2.28. The minimum atomic E-state index is 0.356. The summed E-state index contributed by atoms with van der Waals surface area (Å²) in [5.74, 6) is 0. The fraction of sp³-hybridized carbons (Fsp3) is 0.667. The lowest BCUT2D eigenvalue weighted by Crippen LogP contribution is -2.34. The lowest BCUT2D eigenvalue weighted by Gasteiger charge is -2.32. The first-order valence-corrected chi connectivity index (χ1v) is 8.16. The van der Waals surface area contributed by atoms with Crippen molar-refractivity contribution in [3.8, 4) is 0 Å². The van der Waals surface area contributed by atoms with Gasteiger partial charge in [-0.3, -0.25) is 4.40 Å². The lowest BCUT2D eigenvalue weighted by molar-refractivity contribution is 0.233. The Kier molecular flexibility index (Phi) is 4.99. The fourth-order valence-electron chi connectivity index (χ4n) is 2.84. The average Bonchev–Trinajstić information content (AvgIpc) is 2.97. The van der Waals surface area contributed by atoms with Crippen LogP contribution in [-0.2, 0) is 6.42 Å². The number of nitrogens with zero attached hydrogens (tertiary/aromatic N) is 2. The van der Waals surface area contributed by atoms with E-state index in [4.69, 9.17) is 4.98 Å². The number of aromatic nitrogens is 2. The molecule has 0 amide bonds. The van der Waals surface area contributed by atoms with Crippen molar-refractivity contribution in [3.63, 3.8) is 0 Å². The van der Waals surface area contributed by atoms with E-state index in [0.29, 0.717) is 5.41 Å². The van der Waals surface area contributed by atoms with Crippen LogP contribution in [0.3, 0.4) is 0 Å². The van der Waals surface area contributed by atoms with E-state index in [-0.39, 0.29) is 0 Å². The van der Waals surface area contributed by atoms with Crippen molar-refractivity contribution in [1.29, 1.82) is 0 Å². The predicted molar refractivity (Wildman–Crippen MR) is 82.9 cm³/mol. The zero-order valence-electron chi connectivity index (χ0n) is 12.3. The number of imidazole rings is 1. The molecule has 0 aliphatic rings. The highest BCUT2D eigenvalue weighted by molar-refractivity contribution is 7.15. The fourth-order valence-corrected chi connectivity index (χ4v) is 3.56. The Labute approximate surface area is 120 Å². The maximum Gasteiger partial charge on any atom is 0.193 e. The van der Waals surface area contributed by atoms with E-state index >= 15 is 0 Å². The summed E-state index contributed by atoms with van der Waals surface area (Å²) in [5.41, 5.74) is 1.59. The Morgan fingerprint density at radius 3 is 2.89 bits per heavy atom. The summed E-state index contributed by atoms with van der Waals surface area (Å²) in [7, 11) is 2.06. The van der Waals surface area contributed by atoms with Gasteiger partial charge in [0.15, 0.2) is 4.96 Å². The largest absolute Gasteiger partial charge is 0.319 e. The molecule has 106 valence electrons. The summed E-state index contributed by atoms with van der Waals surface area (Å²) in [6.45, 7) is 5.66. The van der Waals surface area contributed by atoms with Gasteiger partial charge in [-0.1, -0.05) is 26.7 Å². The molecule has 2 heterocycles. The van der Waals surface area contributed by atoms with Crippen LogP contribution in [0.2, 0.25) is 0 Å². The van der Waals surface area contributed by atoms with Crippen LogP contribution < -0.4 is 5.32 Å². The molecular formula is C15H25N3S. The van der Waals surface area contributed by atoms with Crippen molar-refractivity contribution in [2.24, 2.45) is 5.41 Å². The van der Waals surface area contributed by atoms with Gasteiger partial charge in [0.2, 0.25) is 0 Å². The Bertz CT molecular complexity index is 474. The zero-order chi connectivity index (χ0) is 13.7. The number of nitrogens with one attached hydrogen (secondary N) is 1. The first-order chi connectivity index (χ1) is 9.23. The monoisotopic (exact) mass is 279 g/mol. The Morgan fingerprint density at radius 1 is 1.42 bits per heavy atom. The molecule has 0 saturated carbocycles. The maximum atomic E-state index is 4.75. The van der Waals surface area contributed by atoms with E-state index < -0.39 is 0 Å². The van der Waals surface area contributed by atoms with Gasteiger partial charge in [0, 0.05) is 24.3 Å². The lowest BCUT2D eigenvalue weighted by atomic mass is 9.76. The quantitative estimate of drug-likeness (QED) is 0.797. The SMILES string of the molecule is CCCCC(CC)(CNC)Cc1cn2ccsc2n1. The highest BCUT2D eigenvalue weighted by atomic mass is 32.1. The van der Waals surface area contributed by atoms with Gasteiger partial charge in [0.1, 0.15) is 0 Å². The van der Waals surface area contributed by atoms with Gasteiger partial charge in [-0.25, -0.2) is 4.98 Å². The average molecular weight is 279 g/mol. The molecule has 1 atom stereocenters. The second-order valence-electron chi connectivity index (χ2n) is 5.49. The first kappa shape index (κ1) is 14.5. The van der Waals surface area contributed by atoms with Crippen LogP contribution in [0.4, 0.5) is 0 Å². The Morgan fingerprint density at radius 2 is 2.26 bits per heavy atom. The summed E-state index contributed by atoms with van der Waals surface area (Å²) in [6.07, 6.45) is 10.4. The molecule has 0 aromatic carbocycles.